The summed E-state index contributed by atoms with van der Waals surface area (Å²) in [4.78, 5) is 20.3. The van der Waals surface area contributed by atoms with E-state index in [1.807, 2.05) is 17.2 Å². The van der Waals surface area contributed by atoms with Gasteiger partial charge < -0.3 is 10.6 Å². The molecule has 0 saturated carbocycles. The second kappa shape index (κ2) is 5.27. The second-order valence-corrected chi connectivity index (χ2v) is 5.37. The molecule has 0 bridgehead atoms. The highest BCUT2D eigenvalue weighted by atomic mass is 16.2. The number of hydrogen-bond acceptors (Lipinski definition) is 4. The number of rotatable bonds is 3. The summed E-state index contributed by atoms with van der Waals surface area (Å²) < 4.78 is 0. The van der Waals surface area contributed by atoms with Crippen LogP contribution in [0.1, 0.15) is 24.1 Å². The van der Waals surface area contributed by atoms with E-state index < -0.39 is 0 Å². The van der Waals surface area contributed by atoms with Crippen LogP contribution in [0.25, 0.3) is 0 Å². The van der Waals surface area contributed by atoms with Crippen molar-refractivity contribution in [2.24, 2.45) is 5.73 Å². The van der Waals surface area contributed by atoms with Crippen LogP contribution in [0, 0.1) is 0 Å². The Hall–Kier alpha value is -1.46. The van der Waals surface area contributed by atoms with E-state index in [0.717, 1.165) is 44.7 Å². The van der Waals surface area contributed by atoms with Crippen LogP contribution in [0.3, 0.4) is 0 Å². The quantitative estimate of drug-likeness (QED) is 0.851. The fourth-order valence-electron chi connectivity index (χ4n) is 3.07. The minimum atomic E-state index is 0.332. The van der Waals surface area contributed by atoms with Crippen LogP contribution in [0.4, 0.5) is 0 Å². The predicted molar refractivity (Wildman–Crippen MR) is 72.1 cm³/mol. The van der Waals surface area contributed by atoms with Gasteiger partial charge in [0.25, 0.3) is 0 Å². The third-order valence-corrected chi connectivity index (χ3v) is 4.07. The van der Waals surface area contributed by atoms with E-state index >= 15 is 0 Å². The molecule has 2 saturated heterocycles. The van der Waals surface area contributed by atoms with Gasteiger partial charge in [-0.3, -0.25) is 14.7 Å². The molecule has 1 aromatic rings. The van der Waals surface area contributed by atoms with Gasteiger partial charge in [0.1, 0.15) is 0 Å². The van der Waals surface area contributed by atoms with E-state index in [9.17, 15) is 4.79 Å². The first-order valence-electron chi connectivity index (χ1n) is 6.92. The molecule has 2 aliphatic heterocycles. The fraction of sp³-hybridized carbons (Fsp3) is 0.571. The van der Waals surface area contributed by atoms with Crippen LogP contribution in [-0.2, 0) is 17.9 Å². The molecule has 0 radical (unpaired) electrons. The highest BCUT2D eigenvalue weighted by molar-refractivity contribution is 5.78. The molecule has 3 rings (SSSR count). The largest absolute Gasteiger partial charge is 0.337 e. The summed E-state index contributed by atoms with van der Waals surface area (Å²) in [5, 5.41) is 0. The minimum absolute atomic E-state index is 0.332. The summed E-state index contributed by atoms with van der Waals surface area (Å²) in [5.74, 6) is 0.332. The molecule has 1 aromatic heterocycles. The van der Waals surface area contributed by atoms with Crippen molar-refractivity contribution in [3.05, 3.63) is 29.6 Å². The first kappa shape index (κ1) is 12.6. The van der Waals surface area contributed by atoms with Gasteiger partial charge in [0.05, 0.1) is 5.69 Å². The smallest absolute Gasteiger partial charge is 0.222 e. The zero-order chi connectivity index (χ0) is 13.2. The van der Waals surface area contributed by atoms with Crippen LogP contribution >= 0.6 is 0 Å². The first-order chi connectivity index (χ1) is 9.26. The van der Waals surface area contributed by atoms with Crippen LogP contribution in [-0.4, -0.2) is 46.4 Å². The van der Waals surface area contributed by atoms with Crippen molar-refractivity contribution in [1.29, 1.82) is 0 Å². The minimum Gasteiger partial charge on any atom is -0.337 e. The van der Waals surface area contributed by atoms with Gasteiger partial charge in [0.2, 0.25) is 5.91 Å². The molecular weight excluding hydrogens is 240 g/mol. The van der Waals surface area contributed by atoms with Crippen LogP contribution in [0.2, 0.25) is 0 Å². The fourth-order valence-corrected chi connectivity index (χ4v) is 3.07. The number of hydrogen-bond donors (Lipinski definition) is 1. The Morgan fingerprint density at radius 1 is 1.42 bits per heavy atom. The maximum atomic E-state index is 11.6. The van der Waals surface area contributed by atoms with Crippen molar-refractivity contribution in [2.75, 3.05) is 19.6 Å². The first-order valence-corrected chi connectivity index (χ1v) is 6.92. The number of fused-ring (bicyclic) bond motifs is 1. The van der Waals surface area contributed by atoms with E-state index in [2.05, 4.69) is 16.0 Å². The van der Waals surface area contributed by atoms with Gasteiger partial charge in [-0.15, -0.1) is 0 Å². The Bertz CT molecular complexity index is 476. The summed E-state index contributed by atoms with van der Waals surface area (Å²) in [7, 11) is 0. The molecule has 2 aliphatic rings. The second-order valence-electron chi connectivity index (χ2n) is 5.37. The number of nitrogens with zero attached hydrogens (tertiary/aromatic N) is 3. The Morgan fingerprint density at radius 2 is 2.32 bits per heavy atom. The number of carbonyl (C=O) groups is 1. The summed E-state index contributed by atoms with van der Waals surface area (Å²) in [6, 6.07) is 4.55. The summed E-state index contributed by atoms with van der Waals surface area (Å²) >= 11 is 0. The highest BCUT2D eigenvalue weighted by Crippen LogP contribution is 2.23. The predicted octanol–water partition coefficient (Wildman–Crippen LogP) is 0.347. The normalized spacial score (nSPS) is 23.7. The monoisotopic (exact) mass is 260 g/mol. The Balaban J connectivity index is 1.63. The molecule has 5 heteroatoms. The summed E-state index contributed by atoms with van der Waals surface area (Å²) in [6.07, 6.45) is 3.57. The molecule has 1 amide bonds. The zero-order valence-electron chi connectivity index (χ0n) is 11.1. The van der Waals surface area contributed by atoms with E-state index in [0.29, 0.717) is 18.5 Å². The van der Waals surface area contributed by atoms with E-state index in [1.165, 1.54) is 5.56 Å². The molecular formula is C14H20N4O. The molecule has 5 nitrogen and oxygen atoms in total. The molecule has 2 fully saturated rings. The van der Waals surface area contributed by atoms with E-state index in [1.54, 1.807) is 0 Å². The van der Waals surface area contributed by atoms with Crippen molar-refractivity contribution in [3.8, 4) is 0 Å². The number of nitrogens with two attached hydrogens (primary N) is 1. The Kier molecular flexibility index (Phi) is 3.48. The average molecular weight is 260 g/mol. The average Bonchev–Trinajstić information content (AvgIpc) is 2.80. The molecule has 0 aliphatic carbocycles. The molecule has 2 N–H and O–H groups in total. The lowest BCUT2D eigenvalue weighted by Gasteiger charge is -2.37. The summed E-state index contributed by atoms with van der Waals surface area (Å²) in [5.41, 5.74) is 7.81. The van der Waals surface area contributed by atoms with Gasteiger partial charge in [-0.25, -0.2) is 0 Å². The standard InChI is InChI=1S/C14H20N4O/c15-8-12-7-11(3-4-16-12)9-17-5-6-18-13(10-17)1-2-14(18)19/h3-4,7,13H,1-2,5-6,8-10,15H2. The highest BCUT2D eigenvalue weighted by Gasteiger charge is 2.35. The molecule has 1 atom stereocenters. The van der Waals surface area contributed by atoms with Crippen molar-refractivity contribution in [3.63, 3.8) is 0 Å². The number of carbonyl (C=O) groups excluding carboxylic acids is 1. The van der Waals surface area contributed by atoms with Crippen LogP contribution in [0.5, 0.6) is 0 Å². The Morgan fingerprint density at radius 3 is 3.16 bits per heavy atom. The van der Waals surface area contributed by atoms with Gasteiger partial charge >= 0.3 is 0 Å². The molecule has 0 spiro atoms. The van der Waals surface area contributed by atoms with Crippen molar-refractivity contribution < 1.29 is 4.79 Å². The molecule has 19 heavy (non-hydrogen) atoms. The number of piperazine rings is 1. The zero-order valence-corrected chi connectivity index (χ0v) is 11.1. The number of aromatic nitrogens is 1. The summed E-state index contributed by atoms with van der Waals surface area (Å²) in [6.45, 7) is 4.24. The number of pyridine rings is 1. The third kappa shape index (κ3) is 2.62. The van der Waals surface area contributed by atoms with Crippen molar-refractivity contribution in [1.82, 2.24) is 14.8 Å². The van der Waals surface area contributed by atoms with Gasteiger partial charge in [0, 0.05) is 51.4 Å². The lowest BCUT2D eigenvalue weighted by Crippen LogP contribution is -2.50. The van der Waals surface area contributed by atoms with E-state index in [4.69, 9.17) is 5.73 Å². The van der Waals surface area contributed by atoms with Crippen LogP contribution in [0.15, 0.2) is 18.3 Å². The molecule has 3 heterocycles. The van der Waals surface area contributed by atoms with Gasteiger partial charge in [0.15, 0.2) is 0 Å². The topological polar surface area (TPSA) is 62.5 Å². The maximum absolute atomic E-state index is 11.6. The maximum Gasteiger partial charge on any atom is 0.222 e. The van der Waals surface area contributed by atoms with Gasteiger partial charge in [-0.05, 0) is 24.1 Å². The number of amides is 1. The SMILES string of the molecule is NCc1cc(CN2CCN3C(=O)CCC3C2)ccn1. The van der Waals surface area contributed by atoms with Crippen molar-refractivity contribution >= 4 is 5.91 Å². The van der Waals surface area contributed by atoms with Gasteiger partial charge in [-0.2, -0.15) is 0 Å². The van der Waals surface area contributed by atoms with Crippen molar-refractivity contribution in [2.45, 2.75) is 32.0 Å². The van der Waals surface area contributed by atoms with Gasteiger partial charge in [-0.1, -0.05) is 0 Å². The molecule has 0 aromatic carbocycles. The lowest BCUT2D eigenvalue weighted by atomic mass is 10.1. The molecule has 1 unspecified atom stereocenters. The molecule has 102 valence electrons. The Labute approximate surface area is 113 Å². The van der Waals surface area contributed by atoms with E-state index in [-0.39, 0.29) is 0 Å². The van der Waals surface area contributed by atoms with Crippen LogP contribution < -0.4 is 5.73 Å². The third-order valence-electron chi connectivity index (χ3n) is 4.07. The lowest BCUT2D eigenvalue weighted by molar-refractivity contribution is -0.130.